The van der Waals surface area contributed by atoms with E-state index in [9.17, 15) is 14.7 Å². The fraction of sp³-hybridized carbons (Fsp3) is 0.263. The number of hydrogen-bond donors (Lipinski definition) is 3. The molecule has 0 fully saturated rings. The maximum atomic E-state index is 12.2. The fourth-order valence-corrected chi connectivity index (χ4v) is 2.20. The Bertz CT molecular complexity index is 674. The van der Waals surface area contributed by atoms with Gasteiger partial charge in [0.25, 0.3) is 0 Å². The van der Waals surface area contributed by atoms with Gasteiger partial charge >= 0.3 is 0 Å². The lowest BCUT2D eigenvalue weighted by atomic mass is 10.1. The van der Waals surface area contributed by atoms with Crippen molar-refractivity contribution >= 4 is 11.8 Å². The van der Waals surface area contributed by atoms with Crippen LogP contribution in [0, 0.1) is 0 Å². The van der Waals surface area contributed by atoms with E-state index in [4.69, 9.17) is 4.84 Å². The summed E-state index contributed by atoms with van der Waals surface area (Å²) in [6.07, 6.45) is -0.940. The van der Waals surface area contributed by atoms with Crippen LogP contribution >= 0.6 is 0 Å². The van der Waals surface area contributed by atoms with E-state index >= 15 is 0 Å². The van der Waals surface area contributed by atoms with Gasteiger partial charge in [0.1, 0.15) is 6.04 Å². The Hall–Kier alpha value is -2.54. The molecule has 0 aliphatic heterocycles. The molecular weight excluding hydrogens is 320 g/mol. The van der Waals surface area contributed by atoms with E-state index in [1.807, 2.05) is 48.5 Å². The fourth-order valence-electron chi connectivity index (χ4n) is 2.20. The summed E-state index contributed by atoms with van der Waals surface area (Å²) in [6.45, 7) is 1.68. The third-order valence-corrected chi connectivity index (χ3v) is 3.53. The van der Waals surface area contributed by atoms with Crippen LogP contribution in [-0.2, 0) is 27.5 Å². The molecule has 6 nitrogen and oxygen atoms in total. The van der Waals surface area contributed by atoms with Crippen molar-refractivity contribution in [3.63, 3.8) is 0 Å². The molecule has 2 rings (SSSR count). The van der Waals surface area contributed by atoms with Crippen LogP contribution in [0.25, 0.3) is 0 Å². The third kappa shape index (κ3) is 6.46. The number of imide groups is 1. The van der Waals surface area contributed by atoms with Crippen molar-refractivity contribution in [2.45, 2.75) is 32.1 Å². The van der Waals surface area contributed by atoms with Gasteiger partial charge in [0.2, 0.25) is 11.8 Å². The van der Waals surface area contributed by atoms with Gasteiger partial charge in [-0.2, -0.15) is 5.48 Å². The summed E-state index contributed by atoms with van der Waals surface area (Å²) in [5, 5.41) is 12.0. The zero-order chi connectivity index (χ0) is 18.1. The number of hydroxylamine groups is 1. The molecule has 0 saturated heterocycles. The zero-order valence-corrected chi connectivity index (χ0v) is 14.0. The molecule has 2 amide bonds. The second-order valence-electron chi connectivity index (χ2n) is 5.69. The minimum atomic E-state index is -1.05. The molecule has 0 spiro atoms. The first-order chi connectivity index (χ1) is 12.1. The Morgan fingerprint density at radius 3 is 2.12 bits per heavy atom. The van der Waals surface area contributed by atoms with Crippen LogP contribution in [0.4, 0.5) is 0 Å². The predicted octanol–water partition coefficient (Wildman–Crippen LogP) is 1.34. The molecule has 0 radical (unpaired) electrons. The Morgan fingerprint density at radius 1 is 1.00 bits per heavy atom. The van der Waals surface area contributed by atoms with Crippen LogP contribution in [0.15, 0.2) is 60.7 Å². The summed E-state index contributed by atoms with van der Waals surface area (Å²) in [7, 11) is 0. The molecule has 0 bridgehead atoms. The van der Waals surface area contributed by atoms with E-state index in [2.05, 4.69) is 10.8 Å². The first-order valence-electron chi connectivity index (χ1n) is 8.03. The lowest BCUT2D eigenvalue weighted by molar-refractivity contribution is -0.137. The smallest absolute Gasteiger partial charge is 0.248 e. The number of nitrogens with one attached hydrogen (secondary N) is 2. The number of carbonyl (C=O) groups excluding carboxylic acids is 2. The molecule has 2 aromatic rings. The lowest BCUT2D eigenvalue weighted by Crippen LogP contribution is -2.51. The van der Waals surface area contributed by atoms with Gasteiger partial charge in [-0.15, -0.1) is 0 Å². The minimum Gasteiger partial charge on any atom is -0.391 e. The summed E-state index contributed by atoms with van der Waals surface area (Å²) >= 11 is 0. The first kappa shape index (κ1) is 18.8. The van der Waals surface area contributed by atoms with Gasteiger partial charge in [0.15, 0.2) is 0 Å². The van der Waals surface area contributed by atoms with Gasteiger partial charge in [-0.05, 0) is 18.1 Å². The summed E-state index contributed by atoms with van der Waals surface area (Å²) in [5.41, 5.74) is 4.24. The summed E-state index contributed by atoms with van der Waals surface area (Å²) in [5.74, 6) is -1.07. The highest BCUT2D eigenvalue weighted by atomic mass is 16.6. The van der Waals surface area contributed by atoms with Crippen molar-refractivity contribution in [1.82, 2.24) is 10.8 Å². The largest absolute Gasteiger partial charge is 0.391 e. The Balaban J connectivity index is 1.83. The van der Waals surface area contributed by atoms with Gasteiger partial charge in [-0.1, -0.05) is 60.7 Å². The molecule has 0 heterocycles. The molecular formula is C19H22N2O4. The number of aliphatic hydroxyl groups is 1. The SMILES string of the molecule is C[C@@H](O)[C@H](NOCc1ccccc1)C(=O)NC(=O)Cc1ccccc1. The van der Waals surface area contributed by atoms with Crippen LogP contribution in [0.2, 0.25) is 0 Å². The van der Waals surface area contributed by atoms with Crippen LogP contribution in [0.5, 0.6) is 0 Å². The topological polar surface area (TPSA) is 87.7 Å². The van der Waals surface area contributed by atoms with Crippen molar-refractivity contribution in [2.24, 2.45) is 0 Å². The lowest BCUT2D eigenvalue weighted by Gasteiger charge is -2.20. The molecule has 0 saturated carbocycles. The van der Waals surface area contributed by atoms with Gasteiger partial charge in [-0.25, -0.2) is 0 Å². The number of rotatable bonds is 8. The zero-order valence-electron chi connectivity index (χ0n) is 14.0. The van der Waals surface area contributed by atoms with Crippen molar-refractivity contribution in [1.29, 1.82) is 0 Å². The molecule has 25 heavy (non-hydrogen) atoms. The summed E-state index contributed by atoms with van der Waals surface area (Å²) in [4.78, 5) is 29.4. The highest BCUT2D eigenvalue weighted by molar-refractivity contribution is 5.98. The Labute approximate surface area is 146 Å². The first-order valence-corrected chi connectivity index (χ1v) is 8.03. The molecule has 0 aliphatic rings. The Kier molecular flexibility index (Phi) is 7.28. The molecule has 6 heteroatoms. The average Bonchev–Trinajstić information content (AvgIpc) is 2.60. The Morgan fingerprint density at radius 2 is 1.56 bits per heavy atom. The van der Waals surface area contributed by atoms with Crippen LogP contribution in [-0.4, -0.2) is 29.1 Å². The standard InChI is InChI=1S/C19H22N2O4/c1-14(22)18(21-25-13-16-10-6-3-7-11-16)19(24)20-17(23)12-15-8-4-2-5-9-15/h2-11,14,18,21-22H,12-13H2,1H3,(H,20,23,24)/t14-,18+/m1/s1. The van der Waals surface area contributed by atoms with E-state index in [1.54, 1.807) is 12.1 Å². The molecule has 2 atom stereocenters. The second-order valence-corrected chi connectivity index (χ2v) is 5.69. The molecule has 0 aliphatic carbocycles. The summed E-state index contributed by atoms with van der Waals surface area (Å²) < 4.78 is 0. The molecule has 132 valence electrons. The number of amides is 2. The van der Waals surface area contributed by atoms with E-state index in [-0.39, 0.29) is 13.0 Å². The van der Waals surface area contributed by atoms with Crippen molar-refractivity contribution in [3.05, 3.63) is 71.8 Å². The van der Waals surface area contributed by atoms with Crippen LogP contribution in [0.3, 0.4) is 0 Å². The minimum absolute atomic E-state index is 0.0873. The van der Waals surface area contributed by atoms with Gasteiger partial charge in [-0.3, -0.25) is 19.7 Å². The molecule has 0 unspecified atom stereocenters. The van der Waals surface area contributed by atoms with Gasteiger partial charge in [0.05, 0.1) is 19.1 Å². The highest BCUT2D eigenvalue weighted by Crippen LogP contribution is 2.02. The van der Waals surface area contributed by atoms with E-state index in [1.165, 1.54) is 6.92 Å². The van der Waals surface area contributed by atoms with Crippen LogP contribution < -0.4 is 10.8 Å². The van der Waals surface area contributed by atoms with E-state index in [0.717, 1.165) is 11.1 Å². The maximum absolute atomic E-state index is 12.2. The molecule has 2 aromatic carbocycles. The van der Waals surface area contributed by atoms with E-state index in [0.29, 0.717) is 0 Å². The van der Waals surface area contributed by atoms with Gasteiger partial charge in [0, 0.05) is 0 Å². The monoisotopic (exact) mass is 342 g/mol. The molecule has 3 N–H and O–H groups in total. The highest BCUT2D eigenvalue weighted by Gasteiger charge is 2.25. The normalized spacial score (nSPS) is 13.0. The number of hydrogen-bond acceptors (Lipinski definition) is 5. The maximum Gasteiger partial charge on any atom is 0.248 e. The second kappa shape index (κ2) is 9.68. The summed E-state index contributed by atoms with van der Waals surface area (Å²) in [6, 6.07) is 17.4. The van der Waals surface area contributed by atoms with Crippen molar-refractivity contribution < 1.29 is 19.5 Å². The van der Waals surface area contributed by atoms with Crippen molar-refractivity contribution in [3.8, 4) is 0 Å². The number of aliphatic hydroxyl groups excluding tert-OH is 1. The predicted molar refractivity (Wildman–Crippen MR) is 93.1 cm³/mol. The average molecular weight is 342 g/mol. The molecule has 0 aromatic heterocycles. The third-order valence-electron chi connectivity index (χ3n) is 3.53. The van der Waals surface area contributed by atoms with Crippen LogP contribution in [0.1, 0.15) is 18.1 Å². The van der Waals surface area contributed by atoms with Crippen molar-refractivity contribution in [2.75, 3.05) is 0 Å². The van der Waals surface area contributed by atoms with E-state index < -0.39 is 24.0 Å². The number of carbonyl (C=O) groups is 2. The van der Waals surface area contributed by atoms with Gasteiger partial charge < -0.3 is 5.11 Å². The quantitative estimate of drug-likeness (QED) is 0.630. The number of benzene rings is 2.